The summed E-state index contributed by atoms with van der Waals surface area (Å²) in [5.74, 6) is -0.355. The number of carbonyl (C=O) groups is 1. The Kier molecular flexibility index (Phi) is 6.73. The largest absolute Gasteiger partial charge is 0.435 e. The third-order valence-corrected chi connectivity index (χ3v) is 5.24. The maximum absolute atomic E-state index is 12.3. The van der Waals surface area contributed by atoms with E-state index in [1.165, 1.54) is 36.4 Å². The Morgan fingerprint density at radius 2 is 1.61 bits per heavy atom. The van der Waals surface area contributed by atoms with E-state index in [0.29, 0.717) is 11.1 Å². The quantitative estimate of drug-likeness (QED) is 0.731. The van der Waals surface area contributed by atoms with E-state index in [-0.39, 0.29) is 23.1 Å². The maximum Gasteiger partial charge on any atom is 0.387 e. The average Bonchev–Trinajstić information content (AvgIpc) is 2.58. The minimum atomic E-state index is -3.68. The van der Waals surface area contributed by atoms with Gasteiger partial charge in [0.1, 0.15) is 5.75 Å². The van der Waals surface area contributed by atoms with E-state index in [1.807, 2.05) is 0 Å². The highest BCUT2D eigenvalue weighted by atomic mass is 32.2. The van der Waals surface area contributed by atoms with Gasteiger partial charge in [-0.2, -0.15) is 8.78 Å². The summed E-state index contributed by atoms with van der Waals surface area (Å²) in [5, 5.41) is 2.68. The van der Waals surface area contributed by atoms with Crippen molar-refractivity contribution >= 4 is 15.9 Å². The number of rotatable bonds is 7. The SMILES string of the molecule is CC(C)(C)NS(=O)(=O)c1ccc(C(=O)NCc2ccc(OC(F)F)cc2)cc1. The summed E-state index contributed by atoms with van der Waals surface area (Å²) in [7, 11) is -3.68. The molecule has 2 N–H and O–H groups in total. The molecule has 2 rings (SSSR count). The minimum absolute atomic E-state index is 0.0331. The van der Waals surface area contributed by atoms with Gasteiger partial charge in [0.15, 0.2) is 0 Å². The van der Waals surface area contributed by atoms with Crippen LogP contribution in [0.3, 0.4) is 0 Å². The lowest BCUT2D eigenvalue weighted by molar-refractivity contribution is -0.0498. The summed E-state index contributed by atoms with van der Waals surface area (Å²) in [6, 6.07) is 11.5. The smallest absolute Gasteiger partial charge is 0.387 e. The molecule has 0 fully saturated rings. The Labute approximate surface area is 163 Å². The first-order chi connectivity index (χ1) is 13.0. The van der Waals surface area contributed by atoms with Gasteiger partial charge in [0.05, 0.1) is 4.90 Å². The van der Waals surface area contributed by atoms with Gasteiger partial charge in [0.25, 0.3) is 5.91 Å². The van der Waals surface area contributed by atoms with Crippen molar-refractivity contribution in [2.24, 2.45) is 0 Å². The summed E-state index contributed by atoms with van der Waals surface area (Å²) < 4.78 is 55.6. The summed E-state index contributed by atoms with van der Waals surface area (Å²) in [6.07, 6.45) is 0. The molecule has 0 aliphatic heterocycles. The van der Waals surface area contributed by atoms with Crippen LogP contribution < -0.4 is 14.8 Å². The van der Waals surface area contributed by atoms with Crippen molar-refractivity contribution in [3.63, 3.8) is 0 Å². The first kappa shape index (κ1) is 21.8. The Morgan fingerprint density at radius 1 is 1.04 bits per heavy atom. The number of alkyl halides is 2. The number of benzene rings is 2. The molecule has 0 unspecified atom stereocenters. The predicted octanol–water partition coefficient (Wildman–Crippen LogP) is 3.29. The van der Waals surface area contributed by atoms with Crippen LogP contribution in [0.4, 0.5) is 8.78 Å². The van der Waals surface area contributed by atoms with Crippen molar-refractivity contribution in [1.29, 1.82) is 0 Å². The number of hydrogen-bond acceptors (Lipinski definition) is 4. The minimum Gasteiger partial charge on any atom is -0.435 e. The van der Waals surface area contributed by atoms with E-state index < -0.39 is 22.2 Å². The average molecular weight is 412 g/mol. The van der Waals surface area contributed by atoms with Gasteiger partial charge >= 0.3 is 6.61 Å². The molecule has 28 heavy (non-hydrogen) atoms. The molecule has 2 aromatic carbocycles. The monoisotopic (exact) mass is 412 g/mol. The van der Waals surface area contributed by atoms with Crippen LogP contribution in [-0.4, -0.2) is 26.5 Å². The highest BCUT2D eigenvalue weighted by molar-refractivity contribution is 7.89. The van der Waals surface area contributed by atoms with E-state index >= 15 is 0 Å². The zero-order valence-corrected chi connectivity index (χ0v) is 16.5. The van der Waals surface area contributed by atoms with Crippen LogP contribution in [0.15, 0.2) is 53.4 Å². The molecule has 2 aromatic rings. The normalized spacial score (nSPS) is 12.1. The van der Waals surface area contributed by atoms with E-state index in [4.69, 9.17) is 0 Å². The molecule has 9 heteroatoms. The van der Waals surface area contributed by atoms with Crippen LogP contribution in [0.25, 0.3) is 0 Å². The number of amides is 1. The molecule has 0 aliphatic rings. The zero-order chi connectivity index (χ0) is 20.9. The summed E-state index contributed by atoms with van der Waals surface area (Å²) in [5.41, 5.74) is 0.376. The standard InChI is InChI=1S/C19H22F2N2O4S/c1-19(2,3)23-28(25,26)16-10-6-14(7-11-16)17(24)22-12-13-4-8-15(9-5-13)27-18(20)21/h4-11,18,23H,12H2,1-3H3,(H,22,24). The van der Waals surface area contributed by atoms with Crippen molar-refractivity contribution in [3.8, 4) is 5.75 Å². The molecule has 1 amide bonds. The molecule has 0 saturated carbocycles. The Hall–Kier alpha value is -2.52. The summed E-state index contributed by atoms with van der Waals surface area (Å²) in [4.78, 5) is 12.3. The van der Waals surface area contributed by atoms with Gasteiger partial charge in [-0.05, 0) is 62.7 Å². The lowest BCUT2D eigenvalue weighted by Crippen LogP contribution is -2.40. The van der Waals surface area contributed by atoms with E-state index in [0.717, 1.165) is 0 Å². The highest BCUT2D eigenvalue weighted by Gasteiger charge is 2.22. The molecule has 0 atom stereocenters. The number of halogens is 2. The number of ether oxygens (including phenoxy) is 1. The van der Waals surface area contributed by atoms with Crippen LogP contribution in [0.1, 0.15) is 36.7 Å². The van der Waals surface area contributed by atoms with Crippen LogP contribution in [0.2, 0.25) is 0 Å². The third kappa shape index (κ3) is 6.58. The molecule has 152 valence electrons. The molecule has 0 spiro atoms. The fourth-order valence-electron chi connectivity index (χ4n) is 2.32. The first-order valence-corrected chi connectivity index (χ1v) is 9.90. The van der Waals surface area contributed by atoms with E-state index in [2.05, 4.69) is 14.8 Å². The van der Waals surface area contributed by atoms with Crippen LogP contribution in [0.5, 0.6) is 5.75 Å². The van der Waals surface area contributed by atoms with Gasteiger partial charge in [-0.25, -0.2) is 13.1 Å². The first-order valence-electron chi connectivity index (χ1n) is 8.42. The van der Waals surface area contributed by atoms with Gasteiger partial charge in [-0.15, -0.1) is 0 Å². The van der Waals surface area contributed by atoms with Crippen molar-refractivity contribution in [3.05, 3.63) is 59.7 Å². The lowest BCUT2D eigenvalue weighted by Gasteiger charge is -2.20. The van der Waals surface area contributed by atoms with Crippen LogP contribution >= 0.6 is 0 Å². The molecule has 6 nitrogen and oxygen atoms in total. The molecule has 0 saturated heterocycles. The van der Waals surface area contributed by atoms with E-state index in [9.17, 15) is 22.0 Å². The van der Waals surface area contributed by atoms with Crippen LogP contribution in [0, 0.1) is 0 Å². The van der Waals surface area contributed by atoms with Crippen molar-refractivity contribution in [1.82, 2.24) is 10.0 Å². The third-order valence-electron chi connectivity index (χ3n) is 3.47. The van der Waals surface area contributed by atoms with Gasteiger partial charge in [-0.3, -0.25) is 4.79 Å². The van der Waals surface area contributed by atoms with Gasteiger partial charge in [0.2, 0.25) is 10.0 Å². The maximum atomic E-state index is 12.3. The summed E-state index contributed by atoms with van der Waals surface area (Å²) in [6.45, 7) is 2.49. The molecule has 0 bridgehead atoms. The number of carbonyl (C=O) groups excluding carboxylic acids is 1. The molecule has 0 aromatic heterocycles. The Balaban J connectivity index is 1.98. The van der Waals surface area contributed by atoms with Crippen molar-refractivity contribution in [2.75, 3.05) is 0 Å². The van der Waals surface area contributed by atoms with Gasteiger partial charge < -0.3 is 10.1 Å². The molecular formula is C19H22F2N2O4S. The molecule has 0 radical (unpaired) electrons. The fraction of sp³-hybridized carbons (Fsp3) is 0.316. The predicted molar refractivity (Wildman–Crippen MR) is 101 cm³/mol. The van der Waals surface area contributed by atoms with Crippen molar-refractivity contribution in [2.45, 2.75) is 44.4 Å². The van der Waals surface area contributed by atoms with Crippen molar-refractivity contribution < 1.29 is 26.7 Å². The number of nitrogens with one attached hydrogen (secondary N) is 2. The van der Waals surface area contributed by atoms with E-state index in [1.54, 1.807) is 32.9 Å². The summed E-state index contributed by atoms with van der Waals surface area (Å²) >= 11 is 0. The highest BCUT2D eigenvalue weighted by Crippen LogP contribution is 2.16. The lowest BCUT2D eigenvalue weighted by atomic mass is 10.1. The second-order valence-electron chi connectivity index (χ2n) is 7.09. The number of sulfonamides is 1. The molecule has 0 heterocycles. The topological polar surface area (TPSA) is 84.5 Å². The fourth-order valence-corrected chi connectivity index (χ4v) is 3.74. The molecule has 0 aliphatic carbocycles. The Bertz CT molecular complexity index is 906. The zero-order valence-electron chi connectivity index (χ0n) is 15.7. The van der Waals surface area contributed by atoms with Gasteiger partial charge in [-0.1, -0.05) is 12.1 Å². The second-order valence-corrected chi connectivity index (χ2v) is 8.77. The van der Waals surface area contributed by atoms with Crippen LogP contribution in [-0.2, 0) is 16.6 Å². The number of hydrogen-bond donors (Lipinski definition) is 2. The van der Waals surface area contributed by atoms with Gasteiger partial charge in [0, 0.05) is 17.6 Å². The molecular weight excluding hydrogens is 390 g/mol. The second kappa shape index (κ2) is 8.66. The Morgan fingerprint density at radius 3 is 2.11 bits per heavy atom.